The van der Waals surface area contributed by atoms with Gasteiger partial charge in [-0.05, 0) is 24.3 Å². The second-order valence-electron chi connectivity index (χ2n) is 4.47. The van der Waals surface area contributed by atoms with Gasteiger partial charge in [0.15, 0.2) is 0 Å². The third-order valence-electron chi connectivity index (χ3n) is 2.79. The number of halogens is 1. The van der Waals surface area contributed by atoms with Crippen molar-refractivity contribution in [3.8, 4) is 5.75 Å². The van der Waals surface area contributed by atoms with Crippen molar-refractivity contribution >= 4 is 17.5 Å². The number of hydrogen-bond acceptors (Lipinski definition) is 4. The van der Waals surface area contributed by atoms with Crippen LogP contribution in [0, 0.1) is 5.82 Å². The van der Waals surface area contributed by atoms with E-state index >= 15 is 0 Å². The van der Waals surface area contributed by atoms with Crippen LogP contribution in [0.5, 0.6) is 5.75 Å². The number of nitrogens with two attached hydrogens (primary N) is 1. The summed E-state index contributed by atoms with van der Waals surface area (Å²) < 4.78 is 18.2. The van der Waals surface area contributed by atoms with Crippen LogP contribution in [0.15, 0.2) is 59.7 Å². The largest absolute Gasteiger partial charge is 0.487 e. The van der Waals surface area contributed by atoms with Gasteiger partial charge in [-0.15, -0.1) is 0 Å². The van der Waals surface area contributed by atoms with Crippen LogP contribution in [0.1, 0.15) is 10.4 Å². The number of primary amides is 1. The van der Waals surface area contributed by atoms with E-state index in [1.54, 1.807) is 30.3 Å². The Balaban J connectivity index is 2.14. The fourth-order valence-electron chi connectivity index (χ4n) is 1.71. The zero-order chi connectivity index (χ0) is 16.7. The first-order valence-electron chi connectivity index (χ1n) is 6.66. The monoisotopic (exact) mass is 315 g/mol. The first kappa shape index (κ1) is 16.2. The summed E-state index contributed by atoms with van der Waals surface area (Å²) in [5.74, 6) is -0.456. The Morgan fingerprint density at radius 3 is 2.35 bits per heavy atom. The first-order chi connectivity index (χ1) is 11.1. The maximum atomic E-state index is 12.8. The molecule has 6 nitrogen and oxygen atoms in total. The Kier molecular flexibility index (Phi) is 5.40. The number of nitrogens with one attached hydrogen (secondary N) is 1. The minimum Gasteiger partial charge on any atom is -0.487 e. The number of benzene rings is 2. The lowest BCUT2D eigenvalue weighted by molar-refractivity contribution is 0.106. The Morgan fingerprint density at radius 2 is 1.74 bits per heavy atom. The van der Waals surface area contributed by atoms with Crippen molar-refractivity contribution in [1.82, 2.24) is 5.43 Å². The third-order valence-corrected chi connectivity index (χ3v) is 2.79. The number of ether oxygens (including phenoxy) is 1. The van der Waals surface area contributed by atoms with Crippen molar-refractivity contribution in [3.63, 3.8) is 0 Å². The van der Waals surface area contributed by atoms with Gasteiger partial charge in [-0.3, -0.25) is 4.79 Å². The highest BCUT2D eigenvalue weighted by Gasteiger charge is 2.15. The van der Waals surface area contributed by atoms with E-state index in [-0.39, 0.29) is 12.3 Å². The van der Waals surface area contributed by atoms with Crippen LogP contribution in [0.4, 0.5) is 9.18 Å². The minimum absolute atomic E-state index is 0.0423. The van der Waals surface area contributed by atoms with E-state index in [2.05, 4.69) is 5.10 Å². The van der Waals surface area contributed by atoms with Gasteiger partial charge in [-0.1, -0.05) is 30.3 Å². The second-order valence-corrected chi connectivity index (χ2v) is 4.47. The van der Waals surface area contributed by atoms with E-state index in [0.29, 0.717) is 11.3 Å². The molecule has 0 atom stereocenters. The van der Waals surface area contributed by atoms with Gasteiger partial charge in [-0.25, -0.2) is 14.6 Å². The smallest absolute Gasteiger partial charge is 0.332 e. The summed E-state index contributed by atoms with van der Waals surface area (Å²) in [4.78, 5) is 23.2. The zero-order valence-corrected chi connectivity index (χ0v) is 12.0. The summed E-state index contributed by atoms with van der Waals surface area (Å²) in [6.45, 7) is -0.209. The zero-order valence-electron chi connectivity index (χ0n) is 12.0. The Hall–Kier alpha value is -3.22. The lowest BCUT2D eigenvalue weighted by atomic mass is 10.1. The second kappa shape index (κ2) is 7.69. The Bertz CT molecular complexity index is 715. The lowest BCUT2D eigenvalue weighted by Crippen LogP contribution is -2.30. The molecule has 2 aromatic carbocycles. The minimum atomic E-state index is -0.898. The molecule has 0 spiro atoms. The van der Waals surface area contributed by atoms with E-state index in [9.17, 15) is 14.0 Å². The average molecular weight is 315 g/mol. The highest BCUT2D eigenvalue weighted by Crippen LogP contribution is 2.11. The molecule has 0 saturated carbocycles. The van der Waals surface area contributed by atoms with Gasteiger partial charge in [-0.2, -0.15) is 5.10 Å². The lowest BCUT2D eigenvalue weighted by Gasteiger charge is -2.08. The number of amides is 2. The highest BCUT2D eigenvalue weighted by atomic mass is 19.1. The maximum Gasteiger partial charge on any atom is 0.332 e. The molecule has 0 aliphatic heterocycles. The van der Waals surface area contributed by atoms with Crippen molar-refractivity contribution in [2.24, 2.45) is 10.8 Å². The molecule has 0 saturated heterocycles. The van der Waals surface area contributed by atoms with Gasteiger partial charge in [0.2, 0.25) is 5.78 Å². The molecule has 0 aliphatic rings. The van der Waals surface area contributed by atoms with Crippen LogP contribution < -0.4 is 15.9 Å². The summed E-state index contributed by atoms with van der Waals surface area (Å²) in [5.41, 5.74) is 7.31. The van der Waals surface area contributed by atoms with Gasteiger partial charge < -0.3 is 10.5 Å². The Morgan fingerprint density at radius 1 is 1.09 bits per heavy atom. The van der Waals surface area contributed by atoms with Crippen molar-refractivity contribution in [1.29, 1.82) is 0 Å². The van der Waals surface area contributed by atoms with Gasteiger partial charge in [0.25, 0.3) is 0 Å². The van der Waals surface area contributed by atoms with E-state index in [1.807, 2.05) is 5.43 Å². The summed E-state index contributed by atoms with van der Waals surface area (Å²) in [7, 11) is 0. The van der Waals surface area contributed by atoms with E-state index in [0.717, 1.165) is 0 Å². The van der Waals surface area contributed by atoms with Gasteiger partial charge in [0.1, 0.15) is 23.9 Å². The number of carbonyl (C=O) groups is 2. The molecule has 0 aromatic heterocycles. The number of nitrogens with zero attached hydrogens (tertiary/aromatic N) is 1. The van der Waals surface area contributed by atoms with E-state index in [4.69, 9.17) is 10.5 Å². The molecule has 0 bridgehead atoms. The SMILES string of the molecule is NC(=O)NN=C(COc1ccc(F)cc1)C(=O)c1ccccc1. The fraction of sp³-hybridized carbons (Fsp3) is 0.0625. The molecular formula is C16H14FN3O3. The molecule has 0 unspecified atom stereocenters. The first-order valence-corrected chi connectivity index (χ1v) is 6.66. The molecule has 2 aromatic rings. The summed E-state index contributed by atoms with van der Waals surface area (Å²) in [6.07, 6.45) is 0. The standard InChI is InChI=1S/C16H14FN3O3/c17-12-6-8-13(9-7-12)23-10-14(19-20-16(18)22)15(21)11-4-2-1-3-5-11/h1-9H,10H2,(H3,18,20,22). The molecule has 2 rings (SSSR count). The molecular weight excluding hydrogens is 301 g/mol. The van der Waals surface area contributed by atoms with Crippen LogP contribution in [-0.4, -0.2) is 24.1 Å². The normalized spacial score (nSPS) is 10.9. The number of hydrazone groups is 1. The number of ketones is 1. The topological polar surface area (TPSA) is 93.8 Å². The van der Waals surface area contributed by atoms with Crippen molar-refractivity contribution in [2.45, 2.75) is 0 Å². The summed E-state index contributed by atoms with van der Waals surface area (Å²) in [6, 6.07) is 12.8. The molecule has 0 aliphatic carbocycles. The highest BCUT2D eigenvalue weighted by molar-refractivity contribution is 6.46. The van der Waals surface area contributed by atoms with Gasteiger partial charge >= 0.3 is 6.03 Å². The Labute approximate surface area is 131 Å². The predicted octanol–water partition coefficient (Wildman–Crippen LogP) is 2.11. The van der Waals surface area contributed by atoms with Gasteiger partial charge in [0, 0.05) is 5.56 Å². The molecule has 3 N–H and O–H groups in total. The molecule has 0 fully saturated rings. The molecule has 7 heteroatoms. The van der Waals surface area contributed by atoms with Crippen LogP contribution in [0.3, 0.4) is 0 Å². The number of Topliss-reactive ketones (excluding diaryl/α,β-unsaturated/α-hetero) is 1. The molecule has 118 valence electrons. The summed E-state index contributed by atoms with van der Waals surface area (Å²) in [5, 5.41) is 3.68. The molecule has 23 heavy (non-hydrogen) atoms. The number of carbonyl (C=O) groups excluding carboxylic acids is 2. The van der Waals surface area contributed by atoms with Crippen LogP contribution in [-0.2, 0) is 0 Å². The van der Waals surface area contributed by atoms with Crippen LogP contribution in [0.25, 0.3) is 0 Å². The van der Waals surface area contributed by atoms with Crippen LogP contribution in [0.2, 0.25) is 0 Å². The predicted molar refractivity (Wildman–Crippen MR) is 82.8 cm³/mol. The quantitative estimate of drug-likeness (QED) is 0.485. The van der Waals surface area contributed by atoms with E-state index < -0.39 is 17.6 Å². The number of urea groups is 1. The van der Waals surface area contributed by atoms with E-state index in [1.165, 1.54) is 24.3 Å². The molecule has 0 radical (unpaired) electrons. The number of rotatable bonds is 6. The van der Waals surface area contributed by atoms with Crippen LogP contribution >= 0.6 is 0 Å². The third kappa shape index (κ3) is 4.92. The average Bonchev–Trinajstić information content (AvgIpc) is 2.56. The van der Waals surface area contributed by atoms with Crippen molar-refractivity contribution in [2.75, 3.05) is 6.61 Å². The maximum absolute atomic E-state index is 12.8. The number of hydrogen-bond donors (Lipinski definition) is 2. The fourth-order valence-corrected chi connectivity index (χ4v) is 1.71. The van der Waals surface area contributed by atoms with Crippen molar-refractivity contribution in [3.05, 3.63) is 66.0 Å². The van der Waals surface area contributed by atoms with Crippen molar-refractivity contribution < 1.29 is 18.7 Å². The molecule has 2 amide bonds. The van der Waals surface area contributed by atoms with Gasteiger partial charge in [0.05, 0.1) is 0 Å². The molecule has 0 heterocycles. The summed E-state index contributed by atoms with van der Waals surface area (Å²) >= 11 is 0.